The molecule has 9 rings (SSSR count). The molecular formula is C48H41NOSi. The van der Waals surface area contributed by atoms with Crippen molar-refractivity contribution < 1.29 is 4.42 Å². The Morgan fingerprint density at radius 3 is 1.71 bits per heavy atom. The first-order valence-electron chi connectivity index (χ1n) is 17.9. The fraction of sp³-hybridized carbons (Fsp3) is 0.125. The van der Waals surface area contributed by atoms with Crippen LogP contribution in [0.1, 0.15) is 25.0 Å². The largest absolute Gasteiger partial charge is 0.456 e. The predicted molar refractivity (Wildman–Crippen MR) is 220 cm³/mol. The molecule has 1 aromatic heterocycles. The molecule has 1 aliphatic rings. The minimum absolute atomic E-state index is 0.161. The number of furan rings is 1. The molecule has 3 heteroatoms. The second-order valence-electron chi connectivity index (χ2n) is 15.5. The highest BCUT2D eigenvalue weighted by Gasteiger charge is 2.36. The third-order valence-corrected chi connectivity index (χ3v) is 12.9. The molecule has 0 unspecified atom stereocenters. The molecule has 1 aliphatic carbocycles. The first kappa shape index (κ1) is 31.3. The number of rotatable bonds is 6. The van der Waals surface area contributed by atoms with Crippen LogP contribution >= 0.6 is 0 Å². The Kier molecular flexibility index (Phi) is 7.20. The van der Waals surface area contributed by atoms with Gasteiger partial charge in [-0.2, -0.15) is 0 Å². The Balaban J connectivity index is 1.15. The standard InChI is InChI=1S/C48H41NOSi/c1-48(2)44-29-35(32-11-7-6-8-12-32)19-26-40(44)41-27-22-37(30-45(41)48)49(38-23-28-43-42-13-9-10-14-46(42)50-47(43)31-38)36-20-15-33(16-21-36)34-17-24-39(25-18-34)51(3,4)5/h6-31H,1-5H3. The highest BCUT2D eigenvalue weighted by Crippen LogP contribution is 2.52. The van der Waals surface area contributed by atoms with Gasteiger partial charge in [-0.1, -0.05) is 142 Å². The van der Waals surface area contributed by atoms with Crippen LogP contribution in [0.2, 0.25) is 19.6 Å². The van der Waals surface area contributed by atoms with Crippen molar-refractivity contribution in [3.8, 4) is 33.4 Å². The number of anilines is 3. The van der Waals surface area contributed by atoms with Gasteiger partial charge < -0.3 is 9.32 Å². The van der Waals surface area contributed by atoms with Gasteiger partial charge in [0, 0.05) is 39.3 Å². The van der Waals surface area contributed by atoms with Crippen LogP contribution in [0.4, 0.5) is 17.1 Å². The van der Waals surface area contributed by atoms with Gasteiger partial charge in [0.05, 0.1) is 8.07 Å². The van der Waals surface area contributed by atoms with Crippen molar-refractivity contribution in [3.05, 3.63) is 169 Å². The lowest BCUT2D eigenvalue weighted by atomic mass is 9.81. The maximum atomic E-state index is 6.40. The number of benzene rings is 7. The summed E-state index contributed by atoms with van der Waals surface area (Å²) in [5.41, 5.74) is 15.2. The minimum atomic E-state index is -1.36. The molecule has 0 saturated carbocycles. The average Bonchev–Trinajstić information content (AvgIpc) is 3.63. The maximum absolute atomic E-state index is 6.40. The first-order valence-corrected chi connectivity index (χ1v) is 21.4. The molecular weight excluding hydrogens is 635 g/mol. The Morgan fingerprint density at radius 2 is 0.980 bits per heavy atom. The van der Waals surface area contributed by atoms with Crippen LogP contribution in [0.15, 0.2) is 162 Å². The molecule has 51 heavy (non-hydrogen) atoms. The lowest BCUT2D eigenvalue weighted by molar-refractivity contribution is 0.660. The number of hydrogen-bond acceptors (Lipinski definition) is 2. The van der Waals surface area contributed by atoms with E-state index in [1.165, 1.54) is 49.7 Å². The van der Waals surface area contributed by atoms with Crippen molar-refractivity contribution in [2.45, 2.75) is 38.9 Å². The van der Waals surface area contributed by atoms with Crippen molar-refractivity contribution in [1.82, 2.24) is 0 Å². The van der Waals surface area contributed by atoms with Crippen LogP contribution < -0.4 is 10.1 Å². The smallest absolute Gasteiger partial charge is 0.137 e. The fourth-order valence-corrected chi connectivity index (χ4v) is 9.11. The van der Waals surface area contributed by atoms with Crippen molar-refractivity contribution >= 4 is 52.3 Å². The second-order valence-corrected chi connectivity index (χ2v) is 20.5. The Hall–Kier alpha value is -5.64. The quantitative estimate of drug-likeness (QED) is 0.163. The lowest BCUT2D eigenvalue weighted by Gasteiger charge is -2.28. The van der Waals surface area contributed by atoms with Gasteiger partial charge in [0.2, 0.25) is 0 Å². The van der Waals surface area contributed by atoms with E-state index in [4.69, 9.17) is 4.42 Å². The molecule has 0 fully saturated rings. The zero-order chi connectivity index (χ0) is 34.9. The highest BCUT2D eigenvalue weighted by atomic mass is 28.3. The van der Waals surface area contributed by atoms with Crippen LogP contribution in [0.25, 0.3) is 55.3 Å². The summed E-state index contributed by atoms with van der Waals surface area (Å²) in [5.74, 6) is 0. The molecule has 0 bridgehead atoms. The Labute approximate surface area is 301 Å². The van der Waals surface area contributed by atoms with Crippen LogP contribution in [0, 0.1) is 0 Å². The average molecular weight is 676 g/mol. The maximum Gasteiger partial charge on any atom is 0.137 e. The van der Waals surface area contributed by atoms with Gasteiger partial charge in [0.1, 0.15) is 11.2 Å². The summed E-state index contributed by atoms with van der Waals surface area (Å²) in [4.78, 5) is 2.37. The van der Waals surface area contributed by atoms with E-state index >= 15 is 0 Å². The third-order valence-electron chi connectivity index (χ3n) is 10.9. The molecule has 248 valence electrons. The van der Waals surface area contributed by atoms with E-state index in [1.54, 1.807) is 0 Å². The molecule has 0 spiro atoms. The van der Waals surface area contributed by atoms with Crippen LogP contribution in [0.5, 0.6) is 0 Å². The Morgan fingerprint density at radius 1 is 0.451 bits per heavy atom. The molecule has 0 aliphatic heterocycles. The highest BCUT2D eigenvalue weighted by molar-refractivity contribution is 6.88. The van der Waals surface area contributed by atoms with Gasteiger partial charge in [0.25, 0.3) is 0 Å². The summed E-state index contributed by atoms with van der Waals surface area (Å²) in [5, 5.41) is 3.75. The molecule has 1 heterocycles. The molecule has 2 nitrogen and oxygen atoms in total. The Bertz CT molecular complexity index is 2570. The summed E-state index contributed by atoms with van der Waals surface area (Å²) in [6.45, 7) is 11.9. The molecule has 7 aromatic carbocycles. The van der Waals surface area contributed by atoms with Crippen molar-refractivity contribution in [2.75, 3.05) is 4.90 Å². The SMILES string of the molecule is CC1(C)c2cc(-c3ccccc3)ccc2-c2ccc(N(c3ccc(-c4ccc([Si](C)(C)C)cc4)cc3)c3ccc4c(c3)oc3ccccc34)cc21. The molecule has 8 aromatic rings. The number of fused-ring (bicyclic) bond motifs is 6. The van der Waals surface area contributed by atoms with Gasteiger partial charge in [-0.05, 0) is 93.0 Å². The van der Waals surface area contributed by atoms with Crippen LogP contribution in [-0.4, -0.2) is 8.07 Å². The molecule has 0 radical (unpaired) electrons. The number of para-hydroxylation sites is 1. The van der Waals surface area contributed by atoms with Gasteiger partial charge in [-0.25, -0.2) is 0 Å². The summed E-state index contributed by atoms with van der Waals surface area (Å²) >= 11 is 0. The van der Waals surface area contributed by atoms with Crippen molar-refractivity contribution in [3.63, 3.8) is 0 Å². The van der Waals surface area contributed by atoms with E-state index < -0.39 is 8.07 Å². The van der Waals surface area contributed by atoms with E-state index in [2.05, 4.69) is 184 Å². The number of hydrogen-bond donors (Lipinski definition) is 0. The summed E-state index contributed by atoms with van der Waals surface area (Å²) in [6.07, 6.45) is 0. The van der Waals surface area contributed by atoms with E-state index in [0.29, 0.717) is 0 Å². The normalized spacial score (nSPS) is 13.4. The molecule has 0 atom stereocenters. The third kappa shape index (κ3) is 5.32. The first-order chi connectivity index (χ1) is 24.6. The van der Waals surface area contributed by atoms with E-state index in [1.807, 2.05) is 12.1 Å². The zero-order valence-corrected chi connectivity index (χ0v) is 30.9. The fourth-order valence-electron chi connectivity index (χ4n) is 7.94. The number of nitrogens with zero attached hydrogens (tertiary/aromatic N) is 1. The molecule has 0 N–H and O–H groups in total. The summed E-state index contributed by atoms with van der Waals surface area (Å²) in [6, 6.07) is 57.8. The second kappa shape index (κ2) is 11.7. The molecule has 0 saturated heterocycles. The van der Waals surface area contributed by atoms with Gasteiger partial charge in [-0.15, -0.1) is 0 Å². The van der Waals surface area contributed by atoms with Gasteiger partial charge >= 0.3 is 0 Å². The summed E-state index contributed by atoms with van der Waals surface area (Å²) in [7, 11) is -1.36. The monoisotopic (exact) mass is 675 g/mol. The van der Waals surface area contributed by atoms with Crippen LogP contribution in [-0.2, 0) is 5.41 Å². The van der Waals surface area contributed by atoms with Gasteiger partial charge in [-0.3, -0.25) is 0 Å². The minimum Gasteiger partial charge on any atom is -0.456 e. The summed E-state index contributed by atoms with van der Waals surface area (Å²) < 4.78 is 6.40. The van der Waals surface area contributed by atoms with E-state index in [0.717, 1.165) is 39.0 Å². The predicted octanol–water partition coefficient (Wildman–Crippen LogP) is 13.2. The van der Waals surface area contributed by atoms with E-state index in [9.17, 15) is 0 Å². The van der Waals surface area contributed by atoms with Crippen LogP contribution in [0.3, 0.4) is 0 Å². The van der Waals surface area contributed by atoms with Crippen molar-refractivity contribution in [1.29, 1.82) is 0 Å². The van der Waals surface area contributed by atoms with Crippen molar-refractivity contribution in [2.24, 2.45) is 0 Å². The molecule has 0 amide bonds. The van der Waals surface area contributed by atoms with E-state index in [-0.39, 0.29) is 5.41 Å². The zero-order valence-electron chi connectivity index (χ0n) is 29.9. The topological polar surface area (TPSA) is 16.4 Å². The van der Waals surface area contributed by atoms with Gasteiger partial charge in [0.15, 0.2) is 0 Å². The lowest BCUT2D eigenvalue weighted by Crippen LogP contribution is -2.37.